The molecule has 7 heteroatoms. The highest BCUT2D eigenvalue weighted by Crippen LogP contribution is 2.17. The first-order chi connectivity index (χ1) is 13.8. The van der Waals surface area contributed by atoms with Crippen LogP contribution < -0.4 is 10.6 Å². The molecule has 0 aliphatic heterocycles. The summed E-state index contributed by atoms with van der Waals surface area (Å²) in [5, 5.41) is 8.08. The lowest BCUT2D eigenvalue weighted by Gasteiger charge is -2.14. The Morgan fingerprint density at radius 2 is 1.90 bits per heavy atom. The molecule has 3 N–H and O–H groups in total. The summed E-state index contributed by atoms with van der Waals surface area (Å²) in [5.74, 6) is 0.792. The van der Waals surface area contributed by atoms with E-state index in [1.165, 1.54) is 22.0 Å². The highest BCUT2D eigenvalue weighted by molar-refractivity contribution is 14.0. The van der Waals surface area contributed by atoms with Crippen molar-refractivity contribution in [1.82, 2.24) is 25.2 Å². The molecule has 4 aromatic rings. The lowest BCUT2D eigenvalue weighted by atomic mass is 10.1. The highest BCUT2D eigenvalue weighted by atomic mass is 127. The number of H-pyrrole nitrogens is 1. The van der Waals surface area contributed by atoms with Gasteiger partial charge in [0.1, 0.15) is 0 Å². The fourth-order valence-corrected chi connectivity index (χ4v) is 3.37. The fourth-order valence-electron chi connectivity index (χ4n) is 3.37. The lowest BCUT2D eigenvalue weighted by molar-refractivity contribution is 0.792. The van der Waals surface area contributed by atoms with E-state index >= 15 is 0 Å². The van der Waals surface area contributed by atoms with Crippen LogP contribution in [0, 0.1) is 0 Å². The van der Waals surface area contributed by atoms with Crippen LogP contribution in [0.25, 0.3) is 16.6 Å². The van der Waals surface area contributed by atoms with Gasteiger partial charge in [-0.3, -0.25) is 4.99 Å². The summed E-state index contributed by atoms with van der Waals surface area (Å²) in [6, 6.07) is 16.7. The van der Waals surface area contributed by atoms with Crippen molar-refractivity contribution in [3.63, 3.8) is 0 Å². The molecular weight excluding hydrogens is 475 g/mol. The second-order valence-corrected chi connectivity index (χ2v) is 6.56. The second-order valence-electron chi connectivity index (χ2n) is 6.56. The minimum atomic E-state index is 0. The van der Waals surface area contributed by atoms with Crippen molar-refractivity contribution in [3.8, 4) is 5.69 Å². The number of fused-ring (bicyclic) bond motifs is 1. The van der Waals surface area contributed by atoms with Gasteiger partial charge in [-0.25, -0.2) is 4.98 Å². The fraction of sp³-hybridized carbons (Fsp3) is 0.182. The number of aromatic amines is 1. The molecule has 0 saturated heterocycles. The Labute approximate surface area is 187 Å². The Balaban J connectivity index is 0.00000240. The topological polar surface area (TPSA) is 70.0 Å². The molecule has 6 nitrogen and oxygen atoms in total. The number of aliphatic imine (C=N–C) groups is 1. The van der Waals surface area contributed by atoms with E-state index in [0.717, 1.165) is 24.6 Å². The van der Waals surface area contributed by atoms with Gasteiger partial charge in [-0.1, -0.05) is 36.4 Å². The number of guanidine groups is 1. The Morgan fingerprint density at radius 1 is 1.07 bits per heavy atom. The monoisotopic (exact) mass is 500 g/mol. The number of aromatic nitrogens is 3. The summed E-state index contributed by atoms with van der Waals surface area (Å²) in [4.78, 5) is 11.8. The maximum atomic E-state index is 4.34. The van der Waals surface area contributed by atoms with E-state index in [1.807, 2.05) is 35.3 Å². The van der Waals surface area contributed by atoms with Gasteiger partial charge < -0.3 is 20.2 Å². The normalized spacial score (nSPS) is 11.3. The van der Waals surface area contributed by atoms with Crippen LogP contribution in [0.15, 0.2) is 78.4 Å². The SMILES string of the molecule is CN=C(NCCc1c[nH]c2ccccc12)NCc1ccccc1-n1ccnc1.I. The van der Waals surface area contributed by atoms with E-state index < -0.39 is 0 Å². The Hall–Kier alpha value is -2.81. The van der Waals surface area contributed by atoms with Crippen molar-refractivity contribution in [1.29, 1.82) is 0 Å². The second kappa shape index (κ2) is 10.1. The molecule has 0 aliphatic rings. The van der Waals surface area contributed by atoms with E-state index in [-0.39, 0.29) is 24.0 Å². The first kappa shape index (κ1) is 20.9. The summed E-state index contributed by atoms with van der Waals surface area (Å²) in [7, 11) is 1.79. The molecule has 150 valence electrons. The number of hydrogen-bond donors (Lipinski definition) is 3. The quantitative estimate of drug-likeness (QED) is 0.214. The molecule has 0 fully saturated rings. The van der Waals surface area contributed by atoms with Gasteiger partial charge in [-0.05, 0) is 29.7 Å². The number of imidazole rings is 1. The summed E-state index contributed by atoms with van der Waals surface area (Å²) in [6.07, 6.45) is 8.57. The van der Waals surface area contributed by atoms with Crippen LogP contribution in [-0.4, -0.2) is 34.1 Å². The van der Waals surface area contributed by atoms with Crippen LogP contribution >= 0.6 is 24.0 Å². The van der Waals surface area contributed by atoms with Gasteiger partial charge in [-0.15, -0.1) is 24.0 Å². The molecule has 2 aromatic carbocycles. The minimum absolute atomic E-state index is 0. The van der Waals surface area contributed by atoms with Crippen LogP contribution in [0.2, 0.25) is 0 Å². The third kappa shape index (κ3) is 4.97. The highest BCUT2D eigenvalue weighted by Gasteiger charge is 2.06. The summed E-state index contributed by atoms with van der Waals surface area (Å²) in [6.45, 7) is 1.49. The predicted molar refractivity (Wildman–Crippen MR) is 129 cm³/mol. The summed E-state index contributed by atoms with van der Waals surface area (Å²) in [5.41, 5.74) is 4.78. The van der Waals surface area contributed by atoms with Crippen LogP contribution in [-0.2, 0) is 13.0 Å². The zero-order chi connectivity index (χ0) is 19.2. The largest absolute Gasteiger partial charge is 0.361 e. The summed E-state index contributed by atoms with van der Waals surface area (Å²) >= 11 is 0. The maximum absolute atomic E-state index is 4.34. The van der Waals surface area contributed by atoms with Crippen molar-refractivity contribution in [3.05, 3.63) is 84.6 Å². The molecule has 0 atom stereocenters. The first-order valence-corrected chi connectivity index (χ1v) is 9.41. The molecule has 0 unspecified atom stereocenters. The number of benzene rings is 2. The van der Waals surface area contributed by atoms with Crippen LogP contribution in [0.3, 0.4) is 0 Å². The van der Waals surface area contributed by atoms with Gasteiger partial charge in [0.25, 0.3) is 0 Å². The molecule has 0 saturated carbocycles. The molecule has 0 bridgehead atoms. The Bertz CT molecular complexity index is 1070. The van der Waals surface area contributed by atoms with Gasteiger partial charge in [-0.2, -0.15) is 0 Å². The molecule has 0 radical (unpaired) electrons. The van der Waals surface area contributed by atoms with Crippen LogP contribution in [0.4, 0.5) is 0 Å². The third-order valence-electron chi connectivity index (χ3n) is 4.81. The molecule has 0 spiro atoms. The third-order valence-corrected chi connectivity index (χ3v) is 4.81. The Kier molecular flexibility index (Phi) is 7.29. The van der Waals surface area contributed by atoms with E-state index in [4.69, 9.17) is 0 Å². The first-order valence-electron chi connectivity index (χ1n) is 9.41. The van der Waals surface area contributed by atoms with E-state index in [9.17, 15) is 0 Å². The average Bonchev–Trinajstić information content (AvgIpc) is 3.41. The van der Waals surface area contributed by atoms with Crippen LogP contribution in [0.1, 0.15) is 11.1 Å². The van der Waals surface area contributed by atoms with Gasteiger partial charge in [0, 0.05) is 49.6 Å². The van der Waals surface area contributed by atoms with Crippen molar-refractivity contribution in [2.24, 2.45) is 4.99 Å². The zero-order valence-corrected chi connectivity index (χ0v) is 18.6. The molecular formula is C22H25IN6. The maximum Gasteiger partial charge on any atom is 0.191 e. The van der Waals surface area contributed by atoms with Crippen molar-refractivity contribution >= 4 is 40.8 Å². The van der Waals surface area contributed by atoms with E-state index in [1.54, 1.807) is 13.2 Å². The standard InChI is InChI=1S/C22H24N6.HI/c1-23-22(25-11-10-17-14-26-20-8-4-3-7-19(17)20)27-15-18-6-2-5-9-21(18)28-13-12-24-16-28;/h2-9,12-14,16,26H,10-11,15H2,1H3,(H2,23,25,27);1H. The predicted octanol–water partition coefficient (Wildman–Crippen LogP) is 3.88. The van der Waals surface area contributed by atoms with E-state index in [0.29, 0.717) is 6.54 Å². The zero-order valence-electron chi connectivity index (χ0n) is 16.3. The number of hydrogen-bond acceptors (Lipinski definition) is 2. The number of halogens is 1. The molecule has 2 heterocycles. The minimum Gasteiger partial charge on any atom is -0.361 e. The number of para-hydroxylation sites is 2. The van der Waals surface area contributed by atoms with Crippen molar-refractivity contribution in [2.45, 2.75) is 13.0 Å². The number of rotatable bonds is 6. The molecule has 2 aromatic heterocycles. The number of nitrogens with one attached hydrogen (secondary N) is 3. The van der Waals surface area contributed by atoms with Gasteiger partial charge in [0.15, 0.2) is 5.96 Å². The molecule has 0 amide bonds. The van der Waals surface area contributed by atoms with Gasteiger partial charge in [0.2, 0.25) is 0 Å². The average molecular weight is 500 g/mol. The smallest absolute Gasteiger partial charge is 0.191 e. The Morgan fingerprint density at radius 3 is 2.72 bits per heavy atom. The molecule has 0 aliphatic carbocycles. The lowest BCUT2D eigenvalue weighted by Crippen LogP contribution is -2.38. The number of nitrogens with zero attached hydrogens (tertiary/aromatic N) is 3. The van der Waals surface area contributed by atoms with Gasteiger partial charge in [0.05, 0.1) is 12.0 Å². The summed E-state index contributed by atoms with van der Waals surface area (Å²) < 4.78 is 2.02. The molecule has 29 heavy (non-hydrogen) atoms. The van der Waals surface area contributed by atoms with Crippen molar-refractivity contribution < 1.29 is 0 Å². The molecule has 4 rings (SSSR count). The van der Waals surface area contributed by atoms with Crippen molar-refractivity contribution in [2.75, 3.05) is 13.6 Å². The van der Waals surface area contributed by atoms with Crippen LogP contribution in [0.5, 0.6) is 0 Å². The van der Waals surface area contributed by atoms with E-state index in [2.05, 4.69) is 62.1 Å². The van der Waals surface area contributed by atoms with Gasteiger partial charge >= 0.3 is 0 Å².